The van der Waals surface area contributed by atoms with Gasteiger partial charge in [0, 0.05) is 29.7 Å². The first-order valence-electron chi connectivity index (χ1n) is 9.38. The highest BCUT2D eigenvalue weighted by Gasteiger charge is 2.19. The molecule has 4 aromatic rings. The van der Waals surface area contributed by atoms with Crippen LogP contribution in [0.3, 0.4) is 0 Å². The van der Waals surface area contributed by atoms with Gasteiger partial charge in [0.05, 0.1) is 5.56 Å². The fourth-order valence-corrected chi connectivity index (χ4v) is 3.61. The van der Waals surface area contributed by atoms with Crippen molar-refractivity contribution in [3.05, 3.63) is 107 Å². The molecular weight excluding hydrogens is 370 g/mol. The van der Waals surface area contributed by atoms with Gasteiger partial charge < -0.3 is 9.88 Å². The molecule has 0 saturated heterocycles. The Hall–Kier alpha value is -3.47. The fraction of sp³-hybridized carbons (Fsp3) is 0.125. The first-order chi connectivity index (χ1) is 14.0. The van der Waals surface area contributed by atoms with Gasteiger partial charge in [0.2, 0.25) is 0 Å². The zero-order valence-electron chi connectivity index (χ0n) is 16.0. The number of carbonyl (C=O) groups is 1. The van der Waals surface area contributed by atoms with Gasteiger partial charge in [-0.1, -0.05) is 54.6 Å². The minimum Gasteiger partial charge on any atom is -0.348 e. The molecule has 0 unspecified atom stereocenters. The minimum atomic E-state index is -0.924. The Morgan fingerprint density at radius 2 is 1.62 bits per heavy atom. The molecular formula is C24H20F2N2O. The number of amides is 1. The summed E-state index contributed by atoms with van der Waals surface area (Å²) in [6, 6.07) is 21.5. The van der Waals surface area contributed by atoms with Crippen LogP contribution in [-0.2, 0) is 13.1 Å². The third-order valence-corrected chi connectivity index (χ3v) is 5.08. The van der Waals surface area contributed by atoms with E-state index < -0.39 is 11.6 Å². The molecule has 0 radical (unpaired) electrons. The number of halogens is 2. The van der Waals surface area contributed by atoms with Gasteiger partial charge in [0.25, 0.3) is 5.91 Å². The zero-order chi connectivity index (χ0) is 20.4. The number of hydrogen-bond donors (Lipinski definition) is 1. The molecule has 1 aromatic heterocycles. The van der Waals surface area contributed by atoms with Gasteiger partial charge in [-0.05, 0) is 36.2 Å². The van der Waals surface area contributed by atoms with Crippen molar-refractivity contribution in [1.29, 1.82) is 0 Å². The smallest absolute Gasteiger partial charge is 0.254 e. The van der Waals surface area contributed by atoms with E-state index in [0.717, 1.165) is 34.3 Å². The second kappa shape index (κ2) is 7.87. The lowest BCUT2D eigenvalue weighted by Crippen LogP contribution is -2.23. The Morgan fingerprint density at radius 3 is 2.38 bits per heavy atom. The van der Waals surface area contributed by atoms with Crippen molar-refractivity contribution < 1.29 is 13.6 Å². The number of carbonyl (C=O) groups excluding carboxylic acids is 1. The second-order valence-corrected chi connectivity index (χ2v) is 6.98. The number of para-hydroxylation sites is 1. The number of hydrogen-bond acceptors (Lipinski definition) is 1. The molecule has 1 amide bonds. The van der Waals surface area contributed by atoms with E-state index in [2.05, 4.69) is 22.0 Å². The monoisotopic (exact) mass is 390 g/mol. The number of aromatic nitrogens is 1. The van der Waals surface area contributed by atoms with Crippen LogP contribution in [0, 0.1) is 18.6 Å². The number of rotatable bonds is 5. The molecule has 146 valence electrons. The summed E-state index contributed by atoms with van der Waals surface area (Å²) < 4.78 is 28.6. The van der Waals surface area contributed by atoms with Crippen molar-refractivity contribution in [1.82, 2.24) is 9.88 Å². The minimum absolute atomic E-state index is 0.119. The lowest BCUT2D eigenvalue weighted by molar-refractivity contribution is 0.0951. The summed E-state index contributed by atoms with van der Waals surface area (Å²) in [5, 5.41) is 3.70. The maximum Gasteiger partial charge on any atom is 0.254 e. The molecule has 0 spiro atoms. The van der Waals surface area contributed by atoms with E-state index in [0.29, 0.717) is 17.7 Å². The predicted molar refractivity (Wildman–Crippen MR) is 110 cm³/mol. The van der Waals surface area contributed by atoms with Gasteiger partial charge >= 0.3 is 0 Å². The van der Waals surface area contributed by atoms with Gasteiger partial charge in [0.15, 0.2) is 11.6 Å². The highest BCUT2D eigenvalue weighted by molar-refractivity contribution is 6.08. The van der Waals surface area contributed by atoms with Crippen molar-refractivity contribution in [2.24, 2.45) is 0 Å². The Balaban J connectivity index is 1.65. The number of nitrogens with one attached hydrogen (secondary N) is 1. The summed E-state index contributed by atoms with van der Waals surface area (Å²) in [7, 11) is 0. The standard InChI is InChI=1S/C24H20F2N2O/c1-16-23(24(29)27-14-18-11-12-20(25)21(26)13-18)19-9-5-6-10-22(19)28(16)15-17-7-3-2-4-8-17/h2-13H,14-15H2,1H3,(H,27,29). The number of fused-ring (bicyclic) bond motifs is 1. The molecule has 5 heteroatoms. The van der Waals surface area contributed by atoms with E-state index in [-0.39, 0.29) is 12.5 Å². The van der Waals surface area contributed by atoms with Gasteiger partial charge in [-0.2, -0.15) is 0 Å². The molecule has 0 aliphatic heterocycles. The maximum absolute atomic E-state index is 13.4. The number of nitrogens with zero attached hydrogens (tertiary/aromatic N) is 1. The fourth-order valence-electron chi connectivity index (χ4n) is 3.61. The Bertz CT molecular complexity index is 1180. The Morgan fingerprint density at radius 1 is 0.897 bits per heavy atom. The topological polar surface area (TPSA) is 34.0 Å². The van der Waals surface area contributed by atoms with E-state index in [4.69, 9.17) is 0 Å². The van der Waals surface area contributed by atoms with Crippen LogP contribution in [-0.4, -0.2) is 10.5 Å². The SMILES string of the molecule is Cc1c(C(=O)NCc2ccc(F)c(F)c2)c2ccccc2n1Cc1ccccc1. The van der Waals surface area contributed by atoms with Crippen molar-refractivity contribution >= 4 is 16.8 Å². The summed E-state index contributed by atoms with van der Waals surface area (Å²) in [5.74, 6) is -2.07. The van der Waals surface area contributed by atoms with Crippen molar-refractivity contribution in [3.8, 4) is 0 Å². The van der Waals surface area contributed by atoms with Crippen LogP contribution in [0.1, 0.15) is 27.2 Å². The molecule has 0 aliphatic rings. The molecule has 4 rings (SSSR count). The first kappa shape index (κ1) is 18.9. The van der Waals surface area contributed by atoms with Crippen LogP contribution in [0.2, 0.25) is 0 Å². The van der Waals surface area contributed by atoms with Gasteiger partial charge in [-0.15, -0.1) is 0 Å². The van der Waals surface area contributed by atoms with Crippen LogP contribution in [0.25, 0.3) is 10.9 Å². The van der Waals surface area contributed by atoms with Crippen LogP contribution < -0.4 is 5.32 Å². The molecule has 3 aromatic carbocycles. The van der Waals surface area contributed by atoms with E-state index in [1.165, 1.54) is 6.07 Å². The molecule has 0 aliphatic carbocycles. The molecule has 3 nitrogen and oxygen atoms in total. The van der Waals surface area contributed by atoms with Gasteiger partial charge in [-0.25, -0.2) is 8.78 Å². The second-order valence-electron chi connectivity index (χ2n) is 6.98. The maximum atomic E-state index is 13.4. The summed E-state index contributed by atoms with van der Waals surface area (Å²) in [5.41, 5.74) is 4.08. The lowest BCUT2D eigenvalue weighted by Gasteiger charge is -2.09. The van der Waals surface area contributed by atoms with Crippen molar-refractivity contribution in [2.75, 3.05) is 0 Å². The van der Waals surface area contributed by atoms with Crippen molar-refractivity contribution in [3.63, 3.8) is 0 Å². The van der Waals surface area contributed by atoms with E-state index in [9.17, 15) is 13.6 Å². The highest BCUT2D eigenvalue weighted by Crippen LogP contribution is 2.27. The molecule has 0 bridgehead atoms. The first-order valence-corrected chi connectivity index (χ1v) is 9.38. The van der Waals surface area contributed by atoms with Crippen LogP contribution in [0.5, 0.6) is 0 Å². The largest absolute Gasteiger partial charge is 0.348 e. The average molecular weight is 390 g/mol. The Labute approximate surface area is 167 Å². The number of benzene rings is 3. The van der Waals surface area contributed by atoms with Gasteiger partial charge in [-0.3, -0.25) is 4.79 Å². The van der Waals surface area contributed by atoms with Crippen LogP contribution in [0.15, 0.2) is 72.8 Å². The molecule has 1 heterocycles. The normalized spacial score (nSPS) is 11.0. The highest BCUT2D eigenvalue weighted by atomic mass is 19.2. The lowest BCUT2D eigenvalue weighted by atomic mass is 10.1. The average Bonchev–Trinajstić information content (AvgIpc) is 3.01. The summed E-state index contributed by atoms with van der Waals surface area (Å²) >= 11 is 0. The third kappa shape index (κ3) is 3.76. The summed E-state index contributed by atoms with van der Waals surface area (Å²) in [6.45, 7) is 2.70. The van der Waals surface area contributed by atoms with E-state index in [1.807, 2.05) is 49.4 Å². The molecule has 0 atom stereocenters. The molecule has 0 fully saturated rings. The predicted octanol–water partition coefficient (Wildman–Crippen LogP) is 5.21. The zero-order valence-corrected chi connectivity index (χ0v) is 16.0. The Kier molecular flexibility index (Phi) is 5.12. The quantitative estimate of drug-likeness (QED) is 0.499. The molecule has 1 N–H and O–H groups in total. The van der Waals surface area contributed by atoms with E-state index in [1.54, 1.807) is 0 Å². The molecule has 0 saturated carbocycles. The van der Waals surface area contributed by atoms with Crippen LogP contribution in [0.4, 0.5) is 8.78 Å². The van der Waals surface area contributed by atoms with Crippen molar-refractivity contribution in [2.45, 2.75) is 20.0 Å². The van der Waals surface area contributed by atoms with Crippen LogP contribution >= 0.6 is 0 Å². The van der Waals surface area contributed by atoms with Gasteiger partial charge in [0.1, 0.15) is 0 Å². The molecule has 29 heavy (non-hydrogen) atoms. The summed E-state index contributed by atoms with van der Waals surface area (Å²) in [4.78, 5) is 13.0. The van der Waals surface area contributed by atoms with E-state index >= 15 is 0 Å². The summed E-state index contributed by atoms with van der Waals surface area (Å²) in [6.07, 6.45) is 0. The third-order valence-electron chi connectivity index (χ3n) is 5.08.